The highest BCUT2D eigenvalue weighted by molar-refractivity contribution is 6.04. The van der Waals surface area contributed by atoms with Crippen molar-refractivity contribution in [2.24, 2.45) is 5.10 Å². The maximum Gasteiger partial charge on any atom is 0.265 e. The van der Waals surface area contributed by atoms with Gasteiger partial charge in [0.25, 0.3) is 5.56 Å². The normalized spacial score (nSPS) is 14.4. The van der Waals surface area contributed by atoms with Gasteiger partial charge < -0.3 is 0 Å². The van der Waals surface area contributed by atoms with Gasteiger partial charge >= 0.3 is 0 Å². The summed E-state index contributed by atoms with van der Waals surface area (Å²) in [5.41, 5.74) is 5.28. The summed E-state index contributed by atoms with van der Waals surface area (Å²) < 4.78 is 3.33. The summed E-state index contributed by atoms with van der Waals surface area (Å²) in [6.45, 7) is 0.606. The van der Waals surface area contributed by atoms with Crippen molar-refractivity contribution >= 4 is 39.4 Å². The lowest BCUT2D eigenvalue weighted by Gasteiger charge is -2.13. The molecule has 1 aliphatic carbocycles. The van der Waals surface area contributed by atoms with E-state index in [9.17, 15) is 4.79 Å². The van der Waals surface area contributed by atoms with Crippen molar-refractivity contribution in [3.63, 3.8) is 0 Å². The number of aromatic nitrogens is 5. The maximum atomic E-state index is 13.6. The number of allylic oxidation sites excluding steroid dienone is 2. The van der Waals surface area contributed by atoms with Gasteiger partial charge in [-0.3, -0.25) is 9.36 Å². The molecule has 2 aromatic carbocycles. The lowest BCUT2D eigenvalue weighted by molar-refractivity contribution is 0.610. The third-order valence-corrected chi connectivity index (χ3v) is 6.39. The van der Waals surface area contributed by atoms with Gasteiger partial charge in [0.1, 0.15) is 10.9 Å². The molecule has 7 heteroatoms. The molecule has 0 fully saturated rings. The van der Waals surface area contributed by atoms with Crippen molar-refractivity contribution in [1.29, 1.82) is 0 Å². The lowest BCUT2D eigenvalue weighted by Crippen LogP contribution is -2.21. The van der Waals surface area contributed by atoms with Gasteiger partial charge in [-0.15, -0.1) is 0 Å². The van der Waals surface area contributed by atoms with E-state index in [4.69, 9.17) is 9.97 Å². The second-order valence-corrected chi connectivity index (χ2v) is 8.65. The minimum absolute atomic E-state index is 0.107. The van der Waals surface area contributed by atoms with Crippen molar-refractivity contribution in [2.75, 3.05) is 0 Å². The van der Waals surface area contributed by atoms with Crippen LogP contribution in [0.2, 0.25) is 0 Å². The van der Waals surface area contributed by atoms with Crippen LogP contribution in [0.1, 0.15) is 37.7 Å². The van der Waals surface area contributed by atoms with E-state index in [0.717, 1.165) is 35.9 Å². The van der Waals surface area contributed by atoms with Crippen LogP contribution in [0.15, 0.2) is 82.5 Å². The molecule has 0 N–H and O–H groups in total. The van der Waals surface area contributed by atoms with Crippen LogP contribution in [0.4, 0.5) is 0 Å². The largest absolute Gasteiger partial charge is 0.298 e. The van der Waals surface area contributed by atoms with Crippen LogP contribution in [0.25, 0.3) is 33.2 Å². The second kappa shape index (κ2) is 8.67. The van der Waals surface area contributed by atoms with Crippen molar-refractivity contribution in [1.82, 2.24) is 24.2 Å². The van der Waals surface area contributed by atoms with Crippen LogP contribution in [-0.4, -0.2) is 30.4 Å². The Bertz CT molecular complexity index is 1630. The van der Waals surface area contributed by atoms with Crippen LogP contribution < -0.4 is 5.56 Å². The molecule has 0 bridgehead atoms. The fourth-order valence-electron chi connectivity index (χ4n) is 4.58. The second-order valence-electron chi connectivity index (χ2n) is 8.65. The van der Waals surface area contributed by atoms with Gasteiger partial charge in [0.2, 0.25) is 0 Å². The molecule has 3 aromatic heterocycles. The van der Waals surface area contributed by atoms with Gasteiger partial charge in [-0.1, -0.05) is 54.1 Å². The molecular weight excluding hydrogens is 424 g/mol. The molecule has 168 valence electrons. The number of aryl methyl sites for hydroxylation is 1. The van der Waals surface area contributed by atoms with Gasteiger partial charge in [-0.2, -0.15) is 9.78 Å². The summed E-state index contributed by atoms with van der Waals surface area (Å²) in [5.74, 6) is 0. The fraction of sp³-hybridized carbons (Fsp3) is 0.222. The van der Waals surface area contributed by atoms with Crippen molar-refractivity contribution in [3.05, 3.63) is 88.5 Å². The first-order valence-corrected chi connectivity index (χ1v) is 11.7. The molecule has 0 amide bonds. The Labute approximate surface area is 196 Å². The van der Waals surface area contributed by atoms with E-state index in [0.29, 0.717) is 28.7 Å². The lowest BCUT2D eigenvalue weighted by atomic mass is 9.97. The summed E-state index contributed by atoms with van der Waals surface area (Å²) in [5, 5.41) is 5.12. The molecular formula is C27H24N6O. The third-order valence-electron chi connectivity index (χ3n) is 6.39. The van der Waals surface area contributed by atoms with E-state index in [1.165, 1.54) is 18.4 Å². The standard InChI is InChI=1S/C27H24N6O/c34-27-23-24-26(31-22-14-8-7-13-21(22)30-24)33(29-17-20-11-5-2-6-12-20)25(23)28-18-32(27)16-15-19-9-3-1-4-10-19/h2,5-9,11-14,17-18H,1,3-4,10,15-16H2/b29-17+. The van der Waals surface area contributed by atoms with Gasteiger partial charge in [-0.25, -0.2) is 15.0 Å². The first kappa shape index (κ1) is 20.5. The summed E-state index contributed by atoms with van der Waals surface area (Å²) in [4.78, 5) is 27.9. The van der Waals surface area contributed by atoms with Crippen molar-refractivity contribution < 1.29 is 0 Å². The monoisotopic (exact) mass is 448 g/mol. The van der Waals surface area contributed by atoms with Gasteiger partial charge in [-0.05, 0) is 49.8 Å². The first-order chi connectivity index (χ1) is 16.8. The highest BCUT2D eigenvalue weighted by atomic mass is 16.1. The number of benzene rings is 2. The Kier molecular flexibility index (Phi) is 5.22. The highest BCUT2D eigenvalue weighted by Gasteiger charge is 2.19. The number of para-hydroxylation sites is 2. The Morgan fingerprint density at radius 2 is 1.74 bits per heavy atom. The zero-order chi connectivity index (χ0) is 22.9. The summed E-state index contributed by atoms with van der Waals surface area (Å²) >= 11 is 0. The predicted octanol–water partition coefficient (Wildman–Crippen LogP) is 5.07. The number of hydrogen-bond donors (Lipinski definition) is 0. The molecule has 0 radical (unpaired) electrons. The topological polar surface area (TPSA) is 78.0 Å². The fourth-order valence-corrected chi connectivity index (χ4v) is 4.58. The number of fused-ring (bicyclic) bond motifs is 4. The van der Waals surface area contributed by atoms with E-state index >= 15 is 0 Å². The average molecular weight is 449 g/mol. The molecule has 3 heterocycles. The third kappa shape index (κ3) is 3.69. The first-order valence-electron chi connectivity index (χ1n) is 11.7. The van der Waals surface area contributed by atoms with Crippen LogP contribution in [0, 0.1) is 0 Å². The SMILES string of the molecule is O=c1c2c3nc4ccccc4nc3n(/N=C/c3ccccc3)c2ncn1CCC1=CCCCC1. The summed E-state index contributed by atoms with van der Waals surface area (Å²) in [6.07, 6.45) is 11.3. The average Bonchev–Trinajstić information content (AvgIpc) is 3.20. The van der Waals surface area contributed by atoms with Crippen molar-refractivity contribution in [3.8, 4) is 0 Å². The number of nitrogens with zero attached hydrogens (tertiary/aromatic N) is 6. The smallest absolute Gasteiger partial charge is 0.265 e. The van der Waals surface area contributed by atoms with Crippen LogP contribution in [-0.2, 0) is 6.54 Å². The highest BCUT2D eigenvalue weighted by Crippen LogP contribution is 2.25. The van der Waals surface area contributed by atoms with E-state index in [1.54, 1.807) is 21.8 Å². The molecule has 0 saturated carbocycles. The van der Waals surface area contributed by atoms with Gasteiger partial charge in [0.15, 0.2) is 11.3 Å². The zero-order valence-corrected chi connectivity index (χ0v) is 18.8. The van der Waals surface area contributed by atoms with E-state index < -0.39 is 0 Å². The Balaban J connectivity index is 1.52. The Morgan fingerprint density at radius 1 is 0.941 bits per heavy atom. The minimum Gasteiger partial charge on any atom is -0.298 e. The molecule has 7 nitrogen and oxygen atoms in total. The summed E-state index contributed by atoms with van der Waals surface area (Å²) in [6, 6.07) is 17.5. The van der Waals surface area contributed by atoms with Gasteiger partial charge in [0.05, 0.1) is 23.6 Å². The number of hydrogen-bond acceptors (Lipinski definition) is 5. The molecule has 5 aromatic rings. The molecule has 0 saturated heterocycles. The molecule has 0 atom stereocenters. The molecule has 0 spiro atoms. The van der Waals surface area contributed by atoms with Crippen LogP contribution >= 0.6 is 0 Å². The van der Waals surface area contributed by atoms with Crippen LogP contribution in [0.3, 0.4) is 0 Å². The van der Waals surface area contributed by atoms with Crippen LogP contribution in [0.5, 0.6) is 0 Å². The van der Waals surface area contributed by atoms with Gasteiger partial charge in [0, 0.05) is 6.54 Å². The molecule has 0 aliphatic heterocycles. The maximum absolute atomic E-state index is 13.6. The molecule has 34 heavy (non-hydrogen) atoms. The van der Waals surface area contributed by atoms with E-state index in [2.05, 4.69) is 16.2 Å². The Morgan fingerprint density at radius 3 is 2.53 bits per heavy atom. The quantitative estimate of drug-likeness (QED) is 0.278. The summed E-state index contributed by atoms with van der Waals surface area (Å²) in [7, 11) is 0. The van der Waals surface area contributed by atoms with Crippen molar-refractivity contribution in [2.45, 2.75) is 38.6 Å². The van der Waals surface area contributed by atoms with E-state index in [-0.39, 0.29) is 5.56 Å². The molecule has 6 rings (SSSR count). The molecule has 1 aliphatic rings. The Hall–Kier alpha value is -4.13. The van der Waals surface area contributed by atoms with E-state index in [1.807, 2.05) is 54.6 Å². The minimum atomic E-state index is -0.107. The zero-order valence-electron chi connectivity index (χ0n) is 18.8. The predicted molar refractivity (Wildman–Crippen MR) is 135 cm³/mol. The number of rotatable bonds is 5. The molecule has 0 unspecified atom stereocenters.